The molecule has 2 heteroatoms. The second-order valence-corrected chi connectivity index (χ2v) is 6.62. The maximum absolute atomic E-state index is 10.3. The first-order chi connectivity index (χ1) is 8.09. The topological polar surface area (TPSA) is 29.5 Å². The summed E-state index contributed by atoms with van der Waals surface area (Å²) >= 11 is 0. The SMILES string of the molecule is CC1(C)CCCC1C(O)CCCC1CCCO1. The molecule has 17 heavy (non-hydrogen) atoms. The fourth-order valence-electron chi connectivity index (χ4n) is 3.69. The van der Waals surface area contributed by atoms with Gasteiger partial charge >= 0.3 is 0 Å². The van der Waals surface area contributed by atoms with Gasteiger partial charge in [-0.2, -0.15) is 0 Å². The third-order valence-electron chi connectivity index (χ3n) is 4.85. The zero-order valence-electron chi connectivity index (χ0n) is 11.5. The average molecular weight is 240 g/mol. The van der Waals surface area contributed by atoms with Crippen molar-refractivity contribution in [3.63, 3.8) is 0 Å². The highest BCUT2D eigenvalue weighted by Gasteiger charge is 2.38. The van der Waals surface area contributed by atoms with E-state index in [2.05, 4.69) is 13.8 Å². The van der Waals surface area contributed by atoms with Crippen molar-refractivity contribution in [1.29, 1.82) is 0 Å². The number of hydrogen-bond donors (Lipinski definition) is 1. The molecule has 2 aliphatic rings. The Labute approximate surface area is 106 Å². The summed E-state index contributed by atoms with van der Waals surface area (Å²) in [4.78, 5) is 0. The van der Waals surface area contributed by atoms with Gasteiger partial charge in [-0.1, -0.05) is 20.3 Å². The molecule has 1 saturated heterocycles. The highest BCUT2D eigenvalue weighted by atomic mass is 16.5. The molecule has 0 aromatic carbocycles. The molecule has 1 saturated carbocycles. The quantitative estimate of drug-likeness (QED) is 0.796. The third kappa shape index (κ3) is 3.45. The molecule has 100 valence electrons. The van der Waals surface area contributed by atoms with Gasteiger partial charge in [0, 0.05) is 6.61 Å². The van der Waals surface area contributed by atoms with Crippen LogP contribution in [0.4, 0.5) is 0 Å². The Bertz CT molecular complexity index is 231. The van der Waals surface area contributed by atoms with Gasteiger partial charge in [0.1, 0.15) is 0 Å². The smallest absolute Gasteiger partial charge is 0.0576 e. The minimum Gasteiger partial charge on any atom is -0.393 e. The van der Waals surface area contributed by atoms with Gasteiger partial charge in [0.2, 0.25) is 0 Å². The van der Waals surface area contributed by atoms with Crippen LogP contribution in [0.5, 0.6) is 0 Å². The van der Waals surface area contributed by atoms with Crippen molar-refractivity contribution in [2.45, 2.75) is 77.4 Å². The number of hydrogen-bond acceptors (Lipinski definition) is 2. The van der Waals surface area contributed by atoms with Gasteiger partial charge < -0.3 is 9.84 Å². The van der Waals surface area contributed by atoms with Crippen molar-refractivity contribution >= 4 is 0 Å². The van der Waals surface area contributed by atoms with E-state index in [9.17, 15) is 5.11 Å². The summed E-state index contributed by atoms with van der Waals surface area (Å²) in [7, 11) is 0. The first-order valence-corrected chi connectivity index (χ1v) is 7.39. The molecule has 3 unspecified atom stereocenters. The molecule has 0 radical (unpaired) electrons. The van der Waals surface area contributed by atoms with Crippen LogP contribution in [-0.4, -0.2) is 23.9 Å². The van der Waals surface area contributed by atoms with Crippen molar-refractivity contribution in [3.8, 4) is 0 Å². The van der Waals surface area contributed by atoms with Crippen molar-refractivity contribution < 1.29 is 9.84 Å². The van der Waals surface area contributed by atoms with E-state index in [1.54, 1.807) is 0 Å². The van der Waals surface area contributed by atoms with Crippen LogP contribution in [0.15, 0.2) is 0 Å². The minimum atomic E-state index is -0.0890. The fourth-order valence-corrected chi connectivity index (χ4v) is 3.69. The second-order valence-electron chi connectivity index (χ2n) is 6.62. The van der Waals surface area contributed by atoms with Crippen LogP contribution in [0, 0.1) is 11.3 Å². The molecule has 2 rings (SSSR count). The van der Waals surface area contributed by atoms with Gasteiger partial charge in [-0.05, 0) is 56.3 Å². The molecule has 1 N–H and O–H groups in total. The molecule has 1 aliphatic carbocycles. The van der Waals surface area contributed by atoms with Crippen LogP contribution in [-0.2, 0) is 4.74 Å². The largest absolute Gasteiger partial charge is 0.393 e. The van der Waals surface area contributed by atoms with E-state index in [0.717, 1.165) is 25.9 Å². The Morgan fingerprint density at radius 3 is 2.71 bits per heavy atom. The molecule has 0 aromatic heterocycles. The average Bonchev–Trinajstić information content (AvgIpc) is 2.87. The Balaban J connectivity index is 1.68. The number of ether oxygens (including phenoxy) is 1. The lowest BCUT2D eigenvalue weighted by molar-refractivity contribution is 0.0399. The second kappa shape index (κ2) is 5.71. The van der Waals surface area contributed by atoms with E-state index in [4.69, 9.17) is 4.74 Å². The molecule has 0 bridgehead atoms. The summed E-state index contributed by atoms with van der Waals surface area (Å²) in [6.07, 6.45) is 9.87. The summed E-state index contributed by atoms with van der Waals surface area (Å²) in [5, 5.41) is 10.3. The highest BCUT2D eigenvalue weighted by molar-refractivity contribution is 4.89. The highest BCUT2D eigenvalue weighted by Crippen LogP contribution is 2.45. The first-order valence-electron chi connectivity index (χ1n) is 7.39. The van der Waals surface area contributed by atoms with Crippen molar-refractivity contribution in [2.24, 2.45) is 11.3 Å². The standard InChI is InChI=1S/C15H28O2/c1-15(2)10-4-8-13(15)14(16)9-3-6-12-7-5-11-17-12/h12-14,16H,3-11H2,1-2H3. The van der Waals surface area contributed by atoms with Crippen LogP contribution in [0.3, 0.4) is 0 Å². The van der Waals surface area contributed by atoms with E-state index in [1.165, 1.54) is 32.1 Å². The van der Waals surface area contributed by atoms with Gasteiger partial charge in [0.05, 0.1) is 12.2 Å². The predicted molar refractivity (Wildman–Crippen MR) is 70.0 cm³/mol. The molecule has 0 aromatic rings. The lowest BCUT2D eigenvalue weighted by Crippen LogP contribution is -2.29. The van der Waals surface area contributed by atoms with Crippen LogP contribution in [0.1, 0.15) is 65.2 Å². The van der Waals surface area contributed by atoms with Gasteiger partial charge in [-0.3, -0.25) is 0 Å². The molecule has 2 fully saturated rings. The van der Waals surface area contributed by atoms with Gasteiger partial charge in [0.15, 0.2) is 0 Å². The molecule has 2 nitrogen and oxygen atoms in total. The lowest BCUT2D eigenvalue weighted by atomic mass is 9.77. The summed E-state index contributed by atoms with van der Waals surface area (Å²) in [5.41, 5.74) is 0.350. The normalized spacial score (nSPS) is 34.1. The molecule has 1 heterocycles. The maximum Gasteiger partial charge on any atom is 0.0576 e. The monoisotopic (exact) mass is 240 g/mol. The molecule has 3 atom stereocenters. The molecular weight excluding hydrogens is 212 g/mol. The van der Waals surface area contributed by atoms with Crippen molar-refractivity contribution in [1.82, 2.24) is 0 Å². The van der Waals surface area contributed by atoms with Gasteiger partial charge in [-0.15, -0.1) is 0 Å². The Hall–Kier alpha value is -0.0800. The van der Waals surface area contributed by atoms with Crippen LogP contribution in [0.25, 0.3) is 0 Å². The molecule has 0 spiro atoms. The van der Waals surface area contributed by atoms with Crippen LogP contribution >= 0.6 is 0 Å². The summed E-state index contributed by atoms with van der Waals surface area (Å²) < 4.78 is 5.62. The Morgan fingerprint density at radius 2 is 2.12 bits per heavy atom. The number of aliphatic hydroxyl groups is 1. The Kier molecular flexibility index (Phi) is 4.48. The predicted octanol–water partition coefficient (Wildman–Crippen LogP) is 3.52. The van der Waals surface area contributed by atoms with E-state index in [0.29, 0.717) is 17.4 Å². The summed E-state index contributed by atoms with van der Waals surface area (Å²) in [6, 6.07) is 0. The van der Waals surface area contributed by atoms with Crippen molar-refractivity contribution in [2.75, 3.05) is 6.61 Å². The number of aliphatic hydroxyl groups excluding tert-OH is 1. The molecule has 1 aliphatic heterocycles. The van der Waals surface area contributed by atoms with E-state index < -0.39 is 0 Å². The molecule has 0 amide bonds. The Morgan fingerprint density at radius 1 is 1.29 bits per heavy atom. The third-order valence-corrected chi connectivity index (χ3v) is 4.85. The van der Waals surface area contributed by atoms with Crippen LogP contribution in [0.2, 0.25) is 0 Å². The number of rotatable bonds is 5. The van der Waals surface area contributed by atoms with Crippen LogP contribution < -0.4 is 0 Å². The van der Waals surface area contributed by atoms with E-state index in [1.807, 2.05) is 0 Å². The summed E-state index contributed by atoms with van der Waals surface area (Å²) in [5.74, 6) is 0.520. The zero-order valence-corrected chi connectivity index (χ0v) is 11.5. The van der Waals surface area contributed by atoms with Gasteiger partial charge in [-0.25, -0.2) is 0 Å². The van der Waals surface area contributed by atoms with Gasteiger partial charge in [0.25, 0.3) is 0 Å². The maximum atomic E-state index is 10.3. The first kappa shape index (κ1) is 13.4. The fraction of sp³-hybridized carbons (Fsp3) is 1.00. The minimum absolute atomic E-state index is 0.0890. The van der Waals surface area contributed by atoms with E-state index in [-0.39, 0.29) is 6.10 Å². The zero-order chi connectivity index (χ0) is 12.3. The lowest BCUT2D eigenvalue weighted by Gasteiger charge is -2.31. The van der Waals surface area contributed by atoms with E-state index >= 15 is 0 Å². The van der Waals surface area contributed by atoms with Crippen molar-refractivity contribution in [3.05, 3.63) is 0 Å². The summed E-state index contributed by atoms with van der Waals surface area (Å²) in [6.45, 7) is 5.57. The molecular formula is C15H28O2.